The number of hydrogen-bond donors (Lipinski definition) is 0. The normalized spacial score (nSPS) is 24.3. The highest BCUT2D eigenvalue weighted by Crippen LogP contribution is 2.47. The molecule has 2 bridgehead atoms. The summed E-state index contributed by atoms with van der Waals surface area (Å²) in [6.45, 7) is 3.36. The zero-order chi connectivity index (χ0) is 21.0. The lowest BCUT2D eigenvalue weighted by molar-refractivity contribution is -0.132. The molecule has 2 aliphatic heterocycles. The van der Waals surface area contributed by atoms with Crippen molar-refractivity contribution in [3.63, 3.8) is 0 Å². The van der Waals surface area contributed by atoms with Gasteiger partial charge in [-0.25, -0.2) is 4.99 Å². The Morgan fingerprint density at radius 2 is 2.07 bits per heavy atom. The minimum atomic E-state index is -1.05. The van der Waals surface area contributed by atoms with Gasteiger partial charge in [-0.1, -0.05) is 41.7 Å². The monoisotopic (exact) mass is 420 g/mol. The van der Waals surface area contributed by atoms with E-state index in [1.165, 1.54) is 18.3 Å². The van der Waals surface area contributed by atoms with E-state index in [0.717, 1.165) is 16.9 Å². The first-order valence-electron chi connectivity index (χ1n) is 9.67. The molecule has 152 valence electrons. The van der Waals surface area contributed by atoms with Crippen molar-refractivity contribution in [2.45, 2.75) is 25.6 Å². The van der Waals surface area contributed by atoms with Crippen molar-refractivity contribution >= 4 is 23.2 Å². The summed E-state index contributed by atoms with van der Waals surface area (Å²) in [6, 6.07) is 14.6. The molecule has 30 heavy (non-hydrogen) atoms. The Kier molecular flexibility index (Phi) is 4.18. The Balaban J connectivity index is 1.78. The number of rotatable bonds is 3. The standard InChI is InChI=1S/C23H20N2O4S/c1-13(26)19-20-16-9-4-5-10-17(16)29-23(19,2)24-22-25(20)21(27)18(30-22)12-14-7-6-8-15(11-14)28-3/h4-12,19-20H,1-3H3/b18-12-. The van der Waals surface area contributed by atoms with Gasteiger partial charge in [-0.2, -0.15) is 0 Å². The first kappa shape index (κ1) is 18.8. The van der Waals surface area contributed by atoms with Gasteiger partial charge < -0.3 is 9.47 Å². The number of hydrogen-bond acceptors (Lipinski definition) is 6. The van der Waals surface area contributed by atoms with Crippen molar-refractivity contribution in [3.05, 3.63) is 79.3 Å². The molecular formula is C23H20N2O4S. The van der Waals surface area contributed by atoms with Crippen molar-refractivity contribution < 1.29 is 14.3 Å². The van der Waals surface area contributed by atoms with E-state index in [1.54, 1.807) is 11.7 Å². The van der Waals surface area contributed by atoms with Crippen molar-refractivity contribution in [2.24, 2.45) is 10.9 Å². The minimum absolute atomic E-state index is 0.0529. The van der Waals surface area contributed by atoms with E-state index < -0.39 is 17.7 Å². The number of thiazole rings is 1. The second-order valence-electron chi connectivity index (χ2n) is 7.68. The van der Waals surface area contributed by atoms with Crippen LogP contribution in [-0.2, 0) is 4.79 Å². The lowest BCUT2D eigenvalue weighted by atomic mass is 9.79. The summed E-state index contributed by atoms with van der Waals surface area (Å²) in [5.41, 5.74) is 0.491. The van der Waals surface area contributed by atoms with Crippen molar-refractivity contribution in [2.75, 3.05) is 7.11 Å². The number of nitrogens with zero attached hydrogens (tertiary/aromatic N) is 2. The molecule has 0 aliphatic carbocycles. The maximum Gasteiger partial charge on any atom is 0.270 e. The molecule has 3 heterocycles. The van der Waals surface area contributed by atoms with E-state index in [1.807, 2.05) is 61.5 Å². The molecule has 2 aliphatic rings. The third-order valence-corrected chi connectivity index (χ3v) is 6.69. The second kappa shape index (κ2) is 6.67. The van der Waals surface area contributed by atoms with Gasteiger partial charge in [0.05, 0.1) is 17.7 Å². The summed E-state index contributed by atoms with van der Waals surface area (Å²) >= 11 is 1.31. The zero-order valence-corrected chi connectivity index (χ0v) is 17.6. The van der Waals surface area contributed by atoms with Crippen LogP contribution in [0.1, 0.15) is 31.0 Å². The van der Waals surface area contributed by atoms with Crippen molar-refractivity contribution in [3.8, 4) is 11.5 Å². The second-order valence-corrected chi connectivity index (χ2v) is 8.69. The predicted molar refractivity (Wildman–Crippen MR) is 114 cm³/mol. The summed E-state index contributed by atoms with van der Waals surface area (Å²) in [6.07, 6.45) is 1.83. The summed E-state index contributed by atoms with van der Waals surface area (Å²) in [7, 11) is 1.61. The number of methoxy groups -OCH3 is 1. The summed E-state index contributed by atoms with van der Waals surface area (Å²) in [5.74, 6) is 0.755. The van der Waals surface area contributed by atoms with Crippen LogP contribution in [0.15, 0.2) is 58.3 Å². The number of carbonyl (C=O) groups excluding carboxylic acids is 1. The highest BCUT2D eigenvalue weighted by Gasteiger charge is 2.53. The third kappa shape index (κ3) is 2.73. The molecule has 0 saturated carbocycles. The van der Waals surface area contributed by atoms with E-state index in [2.05, 4.69) is 0 Å². The molecule has 7 heteroatoms. The fourth-order valence-corrected chi connectivity index (χ4v) is 5.54. The lowest BCUT2D eigenvalue weighted by Crippen LogP contribution is -2.58. The van der Waals surface area contributed by atoms with E-state index in [0.29, 0.717) is 15.1 Å². The van der Waals surface area contributed by atoms with Gasteiger partial charge in [0, 0.05) is 5.56 Å². The molecule has 3 atom stereocenters. The molecule has 0 fully saturated rings. The summed E-state index contributed by atoms with van der Waals surface area (Å²) in [4.78, 5) is 31.4. The van der Waals surface area contributed by atoms with Crippen LogP contribution in [0, 0.1) is 5.92 Å². The van der Waals surface area contributed by atoms with Crippen LogP contribution < -0.4 is 24.4 Å². The molecule has 0 radical (unpaired) electrons. The first-order chi connectivity index (χ1) is 14.4. The van der Waals surface area contributed by atoms with Gasteiger partial charge in [0.1, 0.15) is 23.2 Å². The van der Waals surface area contributed by atoms with Crippen molar-refractivity contribution in [1.29, 1.82) is 0 Å². The smallest absolute Gasteiger partial charge is 0.270 e. The minimum Gasteiger partial charge on any atom is -0.497 e. The van der Waals surface area contributed by atoms with Crippen LogP contribution in [0.2, 0.25) is 0 Å². The molecule has 5 rings (SSSR count). The highest BCUT2D eigenvalue weighted by molar-refractivity contribution is 7.07. The van der Waals surface area contributed by atoms with E-state index in [9.17, 15) is 9.59 Å². The maximum absolute atomic E-state index is 13.5. The third-order valence-electron chi connectivity index (χ3n) is 5.71. The SMILES string of the molecule is COc1cccc(/C=c2\sc3n(c2=O)C2c4ccccc4OC(C)(N=3)C2C(C)=O)c1. The van der Waals surface area contributed by atoms with Gasteiger partial charge in [-0.15, -0.1) is 0 Å². The number of ether oxygens (including phenoxy) is 2. The molecule has 1 aromatic heterocycles. The van der Waals surface area contributed by atoms with E-state index in [4.69, 9.17) is 14.5 Å². The van der Waals surface area contributed by atoms with E-state index >= 15 is 0 Å². The molecule has 0 N–H and O–H groups in total. The number of fused-ring (bicyclic) bond motifs is 6. The van der Waals surface area contributed by atoms with Gasteiger partial charge in [-0.3, -0.25) is 14.2 Å². The van der Waals surface area contributed by atoms with Gasteiger partial charge in [0.25, 0.3) is 5.56 Å². The Hall–Kier alpha value is -3.19. The van der Waals surface area contributed by atoms with Crippen LogP contribution in [0.5, 0.6) is 11.5 Å². The Morgan fingerprint density at radius 3 is 2.83 bits per heavy atom. The molecule has 3 aromatic rings. The largest absolute Gasteiger partial charge is 0.497 e. The quantitative estimate of drug-likeness (QED) is 0.652. The van der Waals surface area contributed by atoms with Crippen LogP contribution in [-0.4, -0.2) is 23.2 Å². The zero-order valence-electron chi connectivity index (χ0n) is 16.8. The number of Topliss-reactive ketones (excluding diaryl/α,β-unsaturated/α-hetero) is 1. The summed E-state index contributed by atoms with van der Waals surface area (Å²) in [5, 5.41) is 0. The Labute approximate surface area is 176 Å². The number of para-hydroxylation sites is 1. The van der Waals surface area contributed by atoms with Crippen LogP contribution in [0.4, 0.5) is 0 Å². The number of aromatic nitrogens is 1. The number of ketones is 1. The van der Waals surface area contributed by atoms with Gasteiger partial charge in [0.15, 0.2) is 4.80 Å². The predicted octanol–water partition coefficient (Wildman–Crippen LogP) is 2.28. The maximum atomic E-state index is 13.5. The van der Waals surface area contributed by atoms with Crippen LogP contribution in [0.3, 0.4) is 0 Å². The first-order valence-corrected chi connectivity index (χ1v) is 10.5. The van der Waals surface area contributed by atoms with Crippen molar-refractivity contribution in [1.82, 2.24) is 4.57 Å². The van der Waals surface area contributed by atoms with E-state index in [-0.39, 0.29) is 11.3 Å². The average molecular weight is 420 g/mol. The molecule has 0 amide bonds. The topological polar surface area (TPSA) is 69.9 Å². The fourth-order valence-electron chi connectivity index (χ4n) is 4.44. The Morgan fingerprint density at radius 1 is 1.27 bits per heavy atom. The highest BCUT2D eigenvalue weighted by atomic mass is 32.1. The van der Waals surface area contributed by atoms with Gasteiger partial charge in [-0.05, 0) is 43.7 Å². The Bertz CT molecular complexity index is 1360. The molecule has 0 saturated heterocycles. The number of carbonyl (C=O) groups is 1. The molecule has 6 nitrogen and oxygen atoms in total. The van der Waals surface area contributed by atoms with Crippen LogP contribution in [0.25, 0.3) is 6.08 Å². The lowest BCUT2D eigenvalue weighted by Gasteiger charge is -2.45. The van der Waals surface area contributed by atoms with Gasteiger partial charge in [0.2, 0.25) is 5.72 Å². The molecule has 2 aromatic carbocycles. The van der Waals surface area contributed by atoms with Gasteiger partial charge >= 0.3 is 0 Å². The molecular weight excluding hydrogens is 400 g/mol. The number of benzene rings is 2. The molecule has 3 unspecified atom stereocenters. The molecule has 0 spiro atoms. The van der Waals surface area contributed by atoms with Crippen LogP contribution >= 0.6 is 11.3 Å². The fraction of sp³-hybridized carbons (Fsp3) is 0.261. The summed E-state index contributed by atoms with van der Waals surface area (Å²) < 4.78 is 13.7. The average Bonchev–Trinajstić information content (AvgIpc) is 3.01.